The minimum atomic E-state index is -0.394. The molecule has 2 amide bonds. The summed E-state index contributed by atoms with van der Waals surface area (Å²) in [6.07, 6.45) is 1.75. The molecule has 2 aromatic carbocycles. The van der Waals surface area contributed by atoms with Crippen LogP contribution in [0.5, 0.6) is 0 Å². The van der Waals surface area contributed by atoms with Gasteiger partial charge in [0.1, 0.15) is 18.2 Å². The van der Waals surface area contributed by atoms with Crippen LogP contribution in [0, 0.1) is 5.82 Å². The predicted molar refractivity (Wildman–Crippen MR) is 124 cm³/mol. The van der Waals surface area contributed by atoms with E-state index >= 15 is 0 Å². The third-order valence-electron chi connectivity index (χ3n) is 5.96. The van der Waals surface area contributed by atoms with Crippen molar-refractivity contribution in [1.29, 1.82) is 0 Å². The highest BCUT2D eigenvalue weighted by Crippen LogP contribution is 2.19. The van der Waals surface area contributed by atoms with Crippen LogP contribution in [0.3, 0.4) is 0 Å². The molecule has 1 aromatic heterocycles. The van der Waals surface area contributed by atoms with E-state index in [0.717, 1.165) is 23.9 Å². The summed E-state index contributed by atoms with van der Waals surface area (Å²) >= 11 is 0. The summed E-state index contributed by atoms with van der Waals surface area (Å²) in [4.78, 5) is 32.5. The molecule has 0 saturated carbocycles. The van der Waals surface area contributed by atoms with E-state index < -0.39 is 5.82 Å². The highest BCUT2D eigenvalue weighted by Gasteiger charge is 2.25. The minimum Gasteiger partial charge on any atom is -0.345 e. The molecular weight excluding hydrogens is 407 g/mol. The van der Waals surface area contributed by atoms with E-state index in [9.17, 15) is 14.0 Å². The van der Waals surface area contributed by atoms with Gasteiger partial charge in [-0.3, -0.25) is 9.59 Å². The highest BCUT2D eigenvalue weighted by molar-refractivity contribution is 5.94. The summed E-state index contributed by atoms with van der Waals surface area (Å²) in [6.45, 7) is 8.61. The average molecular weight is 439 g/mol. The molecule has 2 unspecified atom stereocenters. The van der Waals surface area contributed by atoms with E-state index in [-0.39, 0.29) is 37.0 Å². The number of carbonyl (C=O) groups is 2. The number of benzene rings is 2. The highest BCUT2D eigenvalue weighted by atomic mass is 19.1. The van der Waals surface area contributed by atoms with E-state index in [4.69, 9.17) is 0 Å². The Morgan fingerprint density at radius 2 is 1.66 bits per heavy atom. The Labute approximate surface area is 188 Å². The van der Waals surface area contributed by atoms with E-state index in [1.807, 2.05) is 33.7 Å². The smallest absolute Gasteiger partial charge is 0.251 e. The van der Waals surface area contributed by atoms with Gasteiger partial charge < -0.3 is 14.8 Å². The maximum absolute atomic E-state index is 13.4. The first-order chi connectivity index (χ1) is 15.3. The zero-order valence-corrected chi connectivity index (χ0v) is 19.1. The lowest BCUT2D eigenvalue weighted by Gasteiger charge is -2.34. The molecule has 3 aromatic rings. The first-order valence-corrected chi connectivity index (χ1v) is 11.1. The molecule has 0 bridgehead atoms. The monoisotopic (exact) mass is 438 g/mol. The molecule has 0 aliphatic rings. The normalized spacial score (nSPS) is 13.0. The van der Waals surface area contributed by atoms with Crippen molar-refractivity contribution in [3.05, 3.63) is 65.7 Å². The summed E-state index contributed by atoms with van der Waals surface area (Å²) in [5.41, 5.74) is 1.98. The summed E-state index contributed by atoms with van der Waals surface area (Å²) in [6, 6.07) is 13.3. The summed E-state index contributed by atoms with van der Waals surface area (Å²) in [7, 11) is 0. The lowest BCUT2D eigenvalue weighted by atomic mass is 10.1. The molecule has 32 heavy (non-hydrogen) atoms. The second-order valence-corrected chi connectivity index (χ2v) is 8.11. The second kappa shape index (κ2) is 10.4. The lowest BCUT2D eigenvalue weighted by molar-refractivity contribution is -0.136. The van der Waals surface area contributed by atoms with E-state index in [0.29, 0.717) is 11.4 Å². The molecule has 1 heterocycles. The van der Waals surface area contributed by atoms with Gasteiger partial charge in [0.25, 0.3) is 5.91 Å². The second-order valence-electron chi connectivity index (χ2n) is 8.11. The van der Waals surface area contributed by atoms with Crippen molar-refractivity contribution in [3.8, 4) is 0 Å². The van der Waals surface area contributed by atoms with E-state index in [2.05, 4.69) is 38.0 Å². The van der Waals surface area contributed by atoms with Crippen LogP contribution in [-0.2, 0) is 17.9 Å². The number of imidazole rings is 1. The third kappa shape index (κ3) is 5.15. The fraction of sp³-hybridized carbons (Fsp3) is 0.400. The molecule has 170 valence electrons. The van der Waals surface area contributed by atoms with Gasteiger partial charge in [0.05, 0.1) is 17.6 Å². The van der Waals surface area contributed by atoms with Crippen molar-refractivity contribution in [2.75, 3.05) is 0 Å². The number of amides is 2. The number of para-hydroxylation sites is 2. The van der Waals surface area contributed by atoms with Gasteiger partial charge in [0.2, 0.25) is 5.91 Å². The maximum atomic E-state index is 13.4. The van der Waals surface area contributed by atoms with Gasteiger partial charge in [0.15, 0.2) is 0 Å². The Kier molecular flexibility index (Phi) is 7.62. The minimum absolute atomic E-state index is 0.0305. The van der Waals surface area contributed by atoms with Crippen molar-refractivity contribution in [2.24, 2.45) is 0 Å². The Morgan fingerprint density at radius 3 is 2.28 bits per heavy atom. The molecule has 0 radical (unpaired) electrons. The van der Waals surface area contributed by atoms with Gasteiger partial charge in [-0.15, -0.1) is 0 Å². The van der Waals surface area contributed by atoms with Gasteiger partial charge in [-0.25, -0.2) is 9.37 Å². The average Bonchev–Trinajstić information content (AvgIpc) is 3.15. The zero-order valence-electron chi connectivity index (χ0n) is 19.1. The number of halogens is 1. The maximum Gasteiger partial charge on any atom is 0.251 e. The molecule has 6 nitrogen and oxygen atoms in total. The van der Waals surface area contributed by atoms with Crippen LogP contribution in [0.25, 0.3) is 11.0 Å². The molecular formula is C25H31FN4O2. The van der Waals surface area contributed by atoms with Crippen molar-refractivity contribution in [2.45, 2.75) is 65.7 Å². The van der Waals surface area contributed by atoms with Crippen LogP contribution >= 0.6 is 0 Å². The Bertz CT molecular complexity index is 1070. The number of carbonyl (C=O) groups excluding carboxylic acids is 2. The third-order valence-corrected chi connectivity index (χ3v) is 5.96. The van der Waals surface area contributed by atoms with Crippen LogP contribution in [0.1, 0.15) is 56.7 Å². The Hall–Kier alpha value is -3.22. The van der Waals surface area contributed by atoms with E-state index in [1.165, 1.54) is 24.3 Å². The largest absolute Gasteiger partial charge is 0.345 e. The first-order valence-electron chi connectivity index (χ1n) is 11.1. The van der Waals surface area contributed by atoms with E-state index in [1.54, 1.807) is 0 Å². The summed E-state index contributed by atoms with van der Waals surface area (Å²) in [5.74, 6) is -0.0870. The molecule has 0 spiro atoms. The number of nitrogens with one attached hydrogen (secondary N) is 1. The lowest BCUT2D eigenvalue weighted by Crippen LogP contribution is -2.46. The fourth-order valence-corrected chi connectivity index (χ4v) is 3.84. The molecule has 0 aliphatic carbocycles. The van der Waals surface area contributed by atoms with Crippen molar-refractivity contribution in [3.63, 3.8) is 0 Å². The van der Waals surface area contributed by atoms with Gasteiger partial charge in [-0.2, -0.15) is 0 Å². The SMILES string of the molecule is CCC(C)N(C(=O)Cn1c(CNC(=O)c2ccc(F)cc2)nc2ccccc21)C(C)CC. The van der Waals surface area contributed by atoms with Gasteiger partial charge in [-0.1, -0.05) is 26.0 Å². The summed E-state index contributed by atoms with van der Waals surface area (Å²) < 4.78 is 15.0. The standard InChI is InChI=1S/C25H31FN4O2/c1-5-17(3)30(18(4)6-2)24(31)16-29-22-10-8-7-9-21(22)28-23(29)15-27-25(32)19-11-13-20(26)14-12-19/h7-14,17-18H,5-6,15-16H2,1-4H3,(H,27,32). The van der Waals surface area contributed by atoms with Crippen LogP contribution in [0.15, 0.2) is 48.5 Å². The predicted octanol–water partition coefficient (Wildman–Crippen LogP) is 4.53. The molecule has 7 heteroatoms. The topological polar surface area (TPSA) is 67.2 Å². The number of aromatic nitrogens is 2. The Balaban J connectivity index is 1.86. The van der Waals surface area contributed by atoms with Gasteiger partial charge in [0, 0.05) is 17.6 Å². The molecule has 2 atom stereocenters. The van der Waals surface area contributed by atoms with Crippen molar-refractivity contribution in [1.82, 2.24) is 19.8 Å². The van der Waals surface area contributed by atoms with Crippen molar-refractivity contribution >= 4 is 22.8 Å². The molecule has 0 fully saturated rings. The number of hydrogen-bond donors (Lipinski definition) is 1. The molecule has 0 saturated heterocycles. The van der Waals surface area contributed by atoms with Gasteiger partial charge >= 0.3 is 0 Å². The molecule has 3 rings (SSSR count). The number of hydrogen-bond acceptors (Lipinski definition) is 3. The number of nitrogens with zero attached hydrogens (tertiary/aromatic N) is 3. The first kappa shape index (κ1) is 23.4. The summed E-state index contributed by atoms with van der Waals surface area (Å²) in [5, 5.41) is 2.84. The van der Waals surface area contributed by atoms with Gasteiger partial charge in [-0.05, 0) is 63.1 Å². The zero-order chi connectivity index (χ0) is 23.3. The number of rotatable bonds is 9. The van der Waals surface area contributed by atoms with Crippen LogP contribution in [0.4, 0.5) is 4.39 Å². The molecule has 0 aliphatic heterocycles. The van der Waals surface area contributed by atoms with Crippen LogP contribution < -0.4 is 5.32 Å². The quantitative estimate of drug-likeness (QED) is 0.534. The van der Waals surface area contributed by atoms with Crippen molar-refractivity contribution < 1.29 is 14.0 Å². The Morgan fingerprint density at radius 1 is 1.03 bits per heavy atom. The van der Waals surface area contributed by atoms with Crippen LogP contribution in [-0.4, -0.2) is 38.3 Å². The number of fused-ring (bicyclic) bond motifs is 1. The molecule has 1 N–H and O–H groups in total. The fourth-order valence-electron chi connectivity index (χ4n) is 3.84. The van der Waals surface area contributed by atoms with Crippen LogP contribution in [0.2, 0.25) is 0 Å².